The highest BCUT2D eigenvalue weighted by molar-refractivity contribution is 5.92. The van der Waals surface area contributed by atoms with Crippen LogP contribution in [0.3, 0.4) is 0 Å². The first kappa shape index (κ1) is 20.5. The van der Waals surface area contributed by atoms with E-state index in [2.05, 4.69) is 4.98 Å². The molecule has 12 heteroatoms. The summed E-state index contributed by atoms with van der Waals surface area (Å²) < 4.78 is 22.5. The fourth-order valence-electron chi connectivity index (χ4n) is 2.82. The molecule has 4 atom stereocenters. The molecule has 2 aliphatic rings. The molecule has 0 aromatic carbocycles. The Labute approximate surface area is 164 Å². The lowest BCUT2D eigenvalue weighted by Gasteiger charge is -2.25. The molecule has 1 unspecified atom stereocenters. The van der Waals surface area contributed by atoms with Crippen molar-refractivity contribution in [2.75, 3.05) is 12.1 Å². The fourth-order valence-corrected chi connectivity index (χ4v) is 2.82. The van der Waals surface area contributed by atoms with Crippen molar-refractivity contribution in [1.82, 2.24) is 9.55 Å². The molecule has 12 nitrogen and oxygen atoms in total. The molecule has 3 rings (SSSR count). The molecule has 1 fully saturated rings. The van der Waals surface area contributed by atoms with Crippen molar-refractivity contribution in [2.45, 2.75) is 38.4 Å². The average molecular weight is 409 g/mol. The van der Waals surface area contributed by atoms with E-state index in [4.69, 9.17) is 24.2 Å². The van der Waals surface area contributed by atoms with Gasteiger partial charge in [0.25, 0.3) is 0 Å². The van der Waals surface area contributed by atoms with Crippen molar-refractivity contribution >= 4 is 23.7 Å². The Bertz CT molecular complexity index is 894. The van der Waals surface area contributed by atoms with Crippen LogP contribution < -0.4 is 11.2 Å². The van der Waals surface area contributed by atoms with Crippen LogP contribution in [0, 0.1) is 5.92 Å². The maximum atomic E-state index is 12.3. The zero-order valence-corrected chi connectivity index (χ0v) is 15.5. The molecule has 29 heavy (non-hydrogen) atoms. The van der Waals surface area contributed by atoms with Crippen LogP contribution >= 0.6 is 0 Å². The summed E-state index contributed by atoms with van der Waals surface area (Å²) >= 11 is 0. The largest absolute Gasteiger partial charge is 0.463 e. The number of aromatic nitrogens is 2. The number of hydrogen-bond donors (Lipinski definition) is 2. The van der Waals surface area contributed by atoms with E-state index in [0.29, 0.717) is 0 Å². The predicted octanol–water partition coefficient (Wildman–Crippen LogP) is -0.466. The summed E-state index contributed by atoms with van der Waals surface area (Å²) in [7, 11) is 0. The third-order valence-electron chi connectivity index (χ3n) is 4.23. The summed E-state index contributed by atoms with van der Waals surface area (Å²) in [6.07, 6.45) is -1.50. The zero-order chi connectivity index (χ0) is 21.1. The Hall–Kier alpha value is -3.25. The number of nitrogens with zero attached hydrogens (tertiary/aromatic N) is 2. The first-order valence-corrected chi connectivity index (χ1v) is 8.71. The second-order valence-electron chi connectivity index (χ2n) is 6.60. The second-order valence-corrected chi connectivity index (χ2v) is 6.60. The van der Waals surface area contributed by atoms with Gasteiger partial charge in [0.1, 0.15) is 12.7 Å². The highest BCUT2D eigenvalue weighted by atomic mass is 16.7. The normalized spacial score (nSPS) is 27.3. The average Bonchev–Trinajstić information content (AvgIpc) is 2.99. The lowest BCUT2D eigenvalue weighted by atomic mass is 10.1. The molecule has 2 aliphatic heterocycles. The summed E-state index contributed by atoms with van der Waals surface area (Å²) in [4.78, 5) is 51.5. The quantitative estimate of drug-likeness (QED) is 0.368. The van der Waals surface area contributed by atoms with Crippen LogP contribution in [0.15, 0.2) is 29.2 Å². The fraction of sp³-hybridized carbons (Fsp3) is 0.471. The summed E-state index contributed by atoms with van der Waals surface area (Å²) in [5.41, 5.74) is 0.912. The standard InChI is InChI=1S/C17H19N3O9/c1-8(2)16(23)26-7-9-13-14(29-12(22)4-3-11(21)28-13)15(27-9)20-6-5-10(19-25)18-17(20)24/h3-6,8-9,13-15,25H,7H2,1-2H3,(H,18,19,24)/b4-3-/t9-,13?,14-,15-/m1/s1. The molecule has 0 amide bonds. The van der Waals surface area contributed by atoms with Crippen molar-refractivity contribution in [3.63, 3.8) is 0 Å². The van der Waals surface area contributed by atoms with Crippen LogP contribution in [0.2, 0.25) is 0 Å². The van der Waals surface area contributed by atoms with E-state index in [1.54, 1.807) is 19.3 Å². The van der Waals surface area contributed by atoms with Crippen LogP contribution in [0.1, 0.15) is 20.1 Å². The van der Waals surface area contributed by atoms with Gasteiger partial charge in [-0.25, -0.2) is 14.4 Å². The maximum absolute atomic E-state index is 12.3. The molecule has 2 N–H and O–H groups in total. The van der Waals surface area contributed by atoms with E-state index >= 15 is 0 Å². The molecular formula is C17H19N3O9. The van der Waals surface area contributed by atoms with Gasteiger partial charge in [0.05, 0.1) is 5.92 Å². The Balaban J connectivity index is 1.93. The molecule has 0 spiro atoms. The molecule has 3 heterocycles. The Morgan fingerprint density at radius 3 is 2.48 bits per heavy atom. The second kappa shape index (κ2) is 8.41. The third-order valence-corrected chi connectivity index (χ3v) is 4.23. The third kappa shape index (κ3) is 4.43. The first-order chi connectivity index (χ1) is 13.8. The molecule has 1 aromatic heterocycles. The summed E-state index contributed by atoms with van der Waals surface area (Å²) in [5, 5.41) is 8.87. The van der Waals surface area contributed by atoms with Gasteiger partial charge in [0.2, 0.25) is 0 Å². The van der Waals surface area contributed by atoms with Gasteiger partial charge >= 0.3 is 23.6 Å². The number of carbonyl (C=O) groups excluding carboxylic acids is 3. The summed E-state index contributed by atoms with van der Waals surface area (Å²) in [5.74, 6) is -2.65. The van der Waals surface area contributed by atoms with E-state index in [9.17, 15) is 19.2 Å². The van der Waals surface area contributed by atoms with Crippen LogP contribution in [0.5, 0.6) is 0 Å². The summed E-state index contributed by atoms with van der Waals surface area (Å²) in [6.45, 7) is 3.00. The van der Waals surface area contributed by atoms with Crippen LogP contribution in [0.4, 0.5) is 5.82 Å². The molecule has 0 saturated carbocycles. The van der Waals surface area contributed by atoms with E-state index in [1.807, 2.05) is 0 Å². The van der Waals surface area contributed by atoms with Gasteiger partial charge in [0, 0.05) is 18.3 Å². The Morgan fingerprint density at radius 2 is 1.90 bits per heavy atom. The minimum Gasteiger partial charge on any atom is -0.463 e. The molecule has 1 aromatic rings. The Kier molecular flexibility index (Phi) is 5.94. The monoisotopic (exact) mass is 409 g/mol. The topological polar surface area (TPSA) is 155 Å². The SMILES string of the molecule is CC(C)C(=O)OC[C@H]1O[C@@H](n2ccc(NO)nc2=O)[C@@H]2OC(=O)/C=C\C(=O)OC21. The lowest BCUT2D eigenvalue weighted by molar-refractivity contribution is -0.165. The minimum absolute atomic E-state index is 0.104. The van der Waals surface area contributed by atoms with Gasteiger partial charge in [-0.2, -0.15) is 4.98 Å². The van der Waals surface area contributed by atoms with Crippen LogP contribution in [-0.4, -0.2) is 57.6 Å². The van der Waals surface area contributed by atoms with Crippen molar-refractivity contribution < 1.29 is 38.5 Å². The predicted molar refractivity (Wildman–Crippen MR) is 92.5 cm³/mol. The number of anilines is 1. The molecule has 1 saturated heterocycles. The van der Waals surface area contributed by atoms with Gasteiger partial charge in [-0.15, -0.1) is 0 Å². The number of esters is 3. The van der Waals surface area contributed by atoms with Gasteiger partial charge in [-0.05, 0) is 6.07 Å². The van der Waals surface area contributed by atoms with Gasteiger partial charge in [-0.1, -0.05) is 13.8 Å². The number of fused-ring (bicyclic) bond motifs is 1. The molecule has 156 valence electrons. The minimum atomic E-state index is -1.21. The molecular weight excluding hydrogens is 390 g/mol. The number of nitrogens with one attached hydrogen (secondary N) is 1. The molecule has 0 aliphatic carbocycles. The van der Waals surface area contributed by atoms with E-state index in [-0.39, 0.29) is 12.4 Å². The molecule has 0 bridgehead atoms. The van der Waals surface area contributed by atoms with Gasteiger partial charge < -0.3 is 18.9 Å². The van der Waals surface area contributed by atoms with Gasteiger partial charge in [0.15, 0.2) is 24.3 Å². The van der Waals surface area contributed by atoms with E-state index < -0.39 is 54.1 Å². The number of rotatable bonds is 5. The van der Waals surface area contributed by atoms with E-state index in [1.165, 1.54) is 12.3 Å². The Morgan fingerprint density at radius 1 is 1.24 bits per heavy atom. The highest BCUT2D eigenvalue weighted by Crippen LogP contribution is 2.34. The van der Waals surface area contributed by atoms with Crippen molar-refractivity contribution in [3.05, 3.63) is 34.9 Å². The molecule has 0 radical (unpaired) electrons. The highest BCUT2D eigenvalue weighted by Gasteiger charge is 2.51. The number of ether oxygens (including phenoxy) is 4. The van der Waals surface area contributed by atoms with Crippen LogP contribution in [-0.2, 0) is 33.3 Å². The smallest absolute Gasteiger partial charge is 0.351 e. The number of carbonyl (C=O) groups is 3. The van der Waals surface area contributed by atoms with Crippen molar-refractivity contribution in [3.8, 4) is 0 Å². The first-order valence-electron chi connectivity index (χ1n) is 8.71. The maximum Gasteiger partial charge on any atom is 0.351 e. The van der Waals surface area contributed by atoms with Crippen molar-refractivity contribution in [2.24, 2.45) is 5.92 Å². The zero-order valence-electron chi connectivity index (χ0n) is 15.5. The number of hydrogen-bond acceptors (Lipinski definition) is 11. The van der Waals surface area contributed by atoms with E-state index in [0.717, 1.165) is 16.7 Å². The van der Waals surface area contributed by atoms with Crippen LogP contribution in [0.25, 0.3) is 0 Å². The van der Waals surface area contributed by atoms with Gasteiger partial charge in [-0.3, -0.25) is 20.0 Å². The van der Waals surface area contributed by atoms with Crippen molar-refractivity contribution in [1.29, 1.82) is 0 Å². The summed E-state index contributed by atoms with van der Waals surface area (Å²) in [6, 6.07) is 1.28. The lowest BCUT2D eigenvalue weighted by Crippen LogP contribution is -2.43.